The van der Waals surface area contributed by atoms with Gasteiger partial charge in [0.15, 0.2) is 0 Å². The van der Waals surface area contributed by atoms with E-state index in [4.69, 9.17) is 4.74 Å². The lowest BCUT2D eigenvalue weighted by molar-refractivity contribution is -0.140. The lowest BCUT2D eigenvalue weighted by Gasteiger charge is -2.34. The highest BCUT2D eigenvalue weighted by atomic mass is 16.5. The first-order valence-electron chi connectivity index (χ1n) is 10.6. The number of piperidine rings is 1. The number of anilines is 1. The Morgan fingerprint density at radius 2 is 1.94 bits per heavy atom. The van der Waals surface area contributed by atoms with E-state index in [-0.39, 0.29) is 36.6 Å². The van der Waals surface area contributed by atoms with E-state index in [0.717, 1.165) is 5.56 Å². The van der Waals surface area contributed by atoms with Crippen molar-refractivity contribution in [3.8, 4) is 0 Å². The zero-order valence-electron chi connectivity index (χ0n) is 18.4. The van der Waals surface area contributed by atoms with Crippen LogP contribution in [0.25, 0.3) is 10.9 Å². The Balaban J connectivity index is 1.55. The zero-order valence-corrected chi connectivity index (χ0v) is 18.4. The summed E-state index contributed by atoms with van der Waals surface area (Å²) in [5.41, 5.74) is 0.170. The van der Waals surface area contributed by atoms with Crippen LogP contribution in [-0.2, 0) is 31.3 Å². The van der Waals surface area contributed by atoms with Gasteiger partial charge in [-0.05, 0) is 44.0 Å². The average molecular weight is 448 g/mol. The quantitative estimate of drug-likeness (QED) is 0.557. The second-order valence-corrected chi connectivity index (χ2v) is 8.21. The minimum absolute atomic E-state index is 0.130. The molecule has 0 bridgehead atoms. The Hall–Kier alpha value is -3.85. The monoisotopic (exact) mass is 448 g/mol. The molecule has 170 valence electrons. The van der Waals surface area contributed by atoms with Crippen LogP contribution < -0.4 is 16.2 Å². The molecule has 4 rings (SSSR count). The molecule has 33 heavy (non-hydrogen) atoms. The number of aryl methyl sites for hydroxylation is 1. The molecule has 1 aliphatic rings. The fourth-order valence-corrected chi connectivity index (χ4v) is 4.00. The van der Waals surface area contributed by atoms with E-state index < -0.39 is 17.0 Å². The van der Waals surface area contributed by atoms with Gasteiger partial charge >= 0.3 is 0 Å². The third-order valence-electron chi connectivity index (χ3n) is 5.74. The van der Waals surface area contributed by atoms with E-state index in [1.165, 1.54) is 10.6 Å². The molecule has 3 amide bonds. The molecule has 1 saturated heterocycles. The minimum Gasteiger partial charge on any atom is -0.367 e. The number of carbonyl (C=O) groups is 3. The maximum atomic E-state index is 13.4. The summed E-state index contributed by atoms with van der Waals surface area (Å²) in [6, 6.07) is 14.3. The van der Waals surface area contributed by atoms with Gasteiger partial charge in [0.1, 0.15) is 18.0 Å². The van der Waals surface area contributed by atoms with Gasteiger partial charge in [0.2, 0.25) is 11.8 Å². The van der Waals surface area contributed by atoms with Gasteiger partial charge in [0.05, 0.1) is 17.5 Å². The summed E-state index contributed by atoms with van der Waals surface area (Å²) in [7, 11) is 0. The molecule has 0 unspecified atom stereocenters. The average Bonchev–Trinajstić information content (AvgIpc) is 2.78. The Kier molecular flexibility index (Phi) is 6.06. The summed E-state index contributed by atoms with van der Waals surface area (Å²) in [4.78, 5) is 54.3. The van der Waals surface area contributed by atoms with E-state index in [0.29, 0.717) is 23.6 Å². The van der Waals surface area contributed by atoms with Gasteiger partial charge in [-0.25, -0.2) is 4.98 Å². The van der Waals surface area contributed by atoms with Crippen LogP contribution in [0.15, 0.2) is 53.3 Å². The molecule has 1 aliphatic heterocycles. The highest BCUT2D eigenvalue weighted by Crippen LogP contribution is 2.27. The molecule has 1 fully saturated rings. The molecule has 0 spiro atoms. The summed E-state index contributed by atoms with van der Waals surface area (Å²) in [6.07, 6.45) is 0.325. The number of fused-ring (bicyclic) bond motifs is 1. The van der Waals surface area contributed by atoms with E-state index in [9.17, 15) is 19.2 Å². The number of hydrogen-bond acceptors (Lipinski definition) is 6. The second kappa shape index (κ2) is 8.95. The van der Waals surface area contributed by atoms with E-state index in [1.54, 1.807) is 26.0 Å². The number of aromatic nitrogens is 2. The van der Waals surface area contributed by atoms with Crippen LogP contribution >= 0.6 is 0 Å². The van der Waals surface area contributed by atoms with Crippen LogP contribution in [0.5, 0.6) is 0 Å². The maximum absolute atomic E-state index is 13.4. The molecule has 1 atom stereocenters. The van der Waals surface area contributed by atoms with Crippen LogP contribution in [0, 0.1) is 6.92 Å². The lowest BCUT2D eigenvalue weighted by Crippen LogP contribution is -2.56. The maximum Gasteiger partial charge on any atom is 0.262 e. The predicted molar refractivity (Wildman–Crippen MR) is 121 cm³/mol. The first-order valence-corrected chi connectivity index (χ1v) is 10.6. The van der Waals surface area contributed by atoms with Crippen molar-refractivity contribution in [1.29, 1.82) is 0 Å². The van der Waals surface area contributed by atoms with Gasteiger partial charge in [-0.15, -0.1) is 0 Å². The molecule has 9 heteroatoms. The van der Waals surface area contributed by atoms with E-state index >= 15 is 0 Å². The summed E-state index contributed by atoms with van der Waals surface area (Å²) < 4.78 is 6.78. The van der Waals surface area contributed by atoms with Gasteiger partial charge in [-0.3, -0.25) is 29.1 Å². The molecule has 1 aromatic heterocycles. The molecule has 0 radical (unpaired) electrons. The Morgan fingerprint density at radius 1 is 1.18 bits per heavy atom. The van der Waals surface area contributed by atoms with Crippen molar-refractivity contribution in [2.24, 2.45) is 0 Å². The minimum atomic E-state index is -1.24. The number of rotatable bonds is 6. The Bertz CT molecular complexity index is 1300. The predicted octanol–water partition coefficient (Wildman–Crippen LogP) is 2.01. The van der Waals surface area contributed by atoms with E-state index in [2.05, 4.69) is 15.6 Å². The van der Waals surface area contributed by atoms with Crippen LogP contribution in [-0.4, -0.2) is 33.9 Å². The molecular formula is C24H24N4O5. The van der Waals surface area contributed by atoms with Gasteiger partial charge in [0.25, 0.3) is 11.5 Å². The number of benzene rings is 2. The number of nitrogens with one attached hydrogen (secondary N) is 2. The SMILES string of the molecule is Cc1nc2ccc(NC(=O)COCc3ccccc3)cc2c(=O)n1[C@]1(C)CCC(=O)NC1=O. The Morgan fingerprint density at radius 3 is 2.67 bits per heavy atom. The number of carbonyl (C=O) groups excluding carboxylic acids is 3. The zero-order chi connectivity index (χ0) is 23.6. The third-order valence-corrected chi connectivity index (χ3v) is 5.74. The molecular weight excluding hydrogens is 424 g/mol. The molecule has 2 aromatic carbocycles. The van der Waals surface area contributed by atoms with Crippen molar-refractivity contribution in [3.63, 3.8) is 0 Å². The van der Waals surface area contributed by atoms with Crippen molar-refractivity contribution >= 4 is 34.3 Å². The van der Waals surface area contributed by atoms with Gasteiger partial charge in [0, 0.05) is 12.1 Å². The number of amides is 3. The molecule has 3 aromatic rings. The number of hydrogen-bond donors (Lipinski definition) is 2. The Labute approximate surface area is 189 Å². The number of ether oxygens (including phenoxy) is 1. The number of imide groups is 1. The lowest BCUT2D eigenvalue weighted by atomic mass is 9.90. The third kappa shape index (κ3) is 4.54. The summed E-state index contributed by atoms with van der Waals surface area (Å²) >= 11 is 0. The molecule has 2 N–H and O–H groups in total. The largest absolute Gasteiger partial charge is 0.367 e. The first kappa shape index (κ1) is 22.3. The molecule has 2 heterocycles. The topological polar surface area (TPSA) is 119 Å². The summed E-state index contributed by atoms with van der Waals surface area (Å²) in [6.45, 7) is 3.43. The van der Waals surface area contributed by atoms with Crippen LogP contribution in [0.3, 0.4) is 0 Å². The van der Waals surface area contributed by atoms with E-state index in [1.807, 2.05) is 30.3 Å². The van der Waals surface area contributed by atoms with Crippen molar-refractivity contribution < 1.29 is 19.1 Å². The molecule has 9 nitrogen and oxygen atoms in total. The smallest absolute Gasteiger partial charge is 0.262 e. The van der Waals surface area contributed by atoms with Crippen molar-refractivity contribution in [3.05, 3.63) is 70.3 Å². The molecule has 0 saturated carbocycles. The normalized spacial score (nSPS) is 18.2. The highest BCUT2D eigenvalue weighted by Gasteiger charge is 2.42. The first-order chi connectivity index (χ1) is 15.8. The highest BCUT2D eigenvalue weighted by molar-refractivity contribution is 6.01. The second-order valence-electron chi connectivity index (χ2n) is 8.21. The fourth-order valence-electron chi connectivity index (χ4n) is 4.00. The number of nitrogens with zero attached hydrogens (tertiary/aromatic N) is 2. The summed E-state index contributed by atoms with van der Waals surface area (Å²) in [5.74, 6) is -0.894. The van der Waals surface area contributed by atoms with Crippen molar-refractivity contribution in [2.75, 3.05) is 11.9 Å². The van der Waals surface area contributed by atoms with Crippen LogP contribution in [0.1, 0.15) is 31.2 Å². The van der Waals surface area contributed by atoms with Gasteiger partial charge in [-0.2, -0.15) is 0 Å². The van der Waals surface area contributed by atoms with Gasteiger partial charge in [-0.1, -0.05) is 30.3 Å². The summed E-state index contributed by atoms with van der Waals surface area (Å²) in [5, 5.41) is 5.28. The fraction of sp³-hybridized carbons (Fsp3) is 0.292. The molecule has 0 aliphatic carbocycles. The van der Waals surface area contributed by atoms with Crippen molar-refractivity contribution in [2.45, 2.75) is 38.8 Å². The van der Waals surface area contributed by atoms with Crippen molar-refractivity contribution in [1.82, 2.24) is 14.9 Å². The van der Waals surface area contributed by atoms with Gasteiger partial charge < -0.3 is 10.1 Å². The van der Waals surface area contributed by atoms with Crippen LogP contribution in [0.2, 0.25) is 0 Å². The standard InChI is InChI=1S/C24H24N4O5/c1-15-25-19-9-8-17(26-21(30)14-33-13-16-6-4-3-5-7-16)12-18(19)22(31)28(15)24(2)11-10-20(29)27-23(24)32/h3-9,12H,10-11,13-14H2,1-2H3,(H,26,30)(H,27,29,32)/t24-/m1/s1. The van der Waals surface area contributed by atoms with Crippen LogP contribution in [0.4, 0.5) is 5.69 Å².